The quantitative estimate of drug-likeness (QED) is 0.351. The maximum absolute atomic E-state index is 12.1. The number of nitrogens with one attached hydrogen (secondary N) is 1. The minimum atomic E-state index is -0.132. The highest BCUT2D eigenvalue weighted by Crippen LogP contribution is 2.15. The van der Waals surface area contributed by atoms with Gasteiger partial charge in [-0.15, -0.1) is 0 Å². The lowest BCUT2D eigenvalue weighted by Gasteiger charge is -2.17. The van der Waals surface area contributed by atoms with Crippen molar-refractivity contribution >= 4 is 23.3 Å². The van der Waals surface area contributed by atoms with Crippen molar-refractivity contribution in [3.8, 4) is 0 Å². The van der Waals surface area contributed by atoms with Crippen LogP contribution in [-0.4, -0.2) is 43.1 Å². The lowest BCUT2D eigenvalue weighted by atomic mass is 10.2. The van der Waals surface area contributed by atoms with E-state index in [0.717, 1.165) is 6.42 Å². The topological polar surface area (TPSA) is 80.5 Å². The molecule has 0 aliphatic carbocycles. The van der Waals surface area contributed by atoms with E-state index in [-0.39, 0.29) is 11.1 Å². The molecule has 1 heterocycles. The first-order valence-corrected chi connectivity index (χ1v) is 5.85. The van der Waals surface area contributed by atoms with Crippen LogP contribution >= 0.6 is 11.6 Å². The molecule has 0 aromatic carbocycles. The van der Waals surface area contributed by atoms with Gasteiger partial charge < -0.3 is 15.1 Å². The van der Waals surface area contributed by atoms with Crippen LogP contribution in [0.3, 0.4) is 0 Å². The number of hydrogen-bond acceptors (Lipinski definition) is 5. The molecule has 0 fully saturated rings. The number of aromatic nitrogens is 1. The van der Waals surface area contributed by atoms with Crippen LogP contribution in [0.15, 0.2) is 12.1 Å². The molecule has 0 bridgehead atoms. The Morgan fingerprint density at radius 1 is 1.61 bits per heavy atom. The first-order chi connectivity index (χ1) is 8.58. The number of carbonyl (C=O) groups is 1. The van der Waals surface area contributed by atoms with Crippen molar-refractivity contribution in [3.63, 3.8) is 0 Å². The molecule has 0 saturated carbocycles. The summed E-state index contributed by atoms with van der Waals surface area (Å²) in [6.45, 7) is 1.22. The van der Waals surface area contributed by atoms with Crippen LogP contribution in [-0.2, 0) is 4.74 Å². The van der Waals surface area contributed by atoms with Crippen molar-refractivity contribution in [2.45, 2.75) is 6.42 Å². The Kier molecular flexibility index (Phi) is 5.84. The summed E-state index contributed by atoms with van der Waals surface area (Å²) in [5.41, 5.74) is 2.82. The monoisotopic (exact) mass is 272 g/mol. The van der Waals surface area contributed by atoms with Gasteiger partial charge in [-0.25, -0.2) is 10.8 Å². The average Bonchev–Trinajstić information content (AvgIpc) is 2.37. The zero-order valence-corrected chi connectivity index (χ0v) is 11.2. The van der Waals surface area contributed by atoms with Crippen molar-refractivity contribution in [3.05, 3.63) is 22.8 Å². The summed E-state index contributed by atoms with van der Waals surface area (Å²) < 4.78 is 4.94. The van der Waals surface area contributed by atoms with E-state index in [1.165, 1.54) is 6.07 Å². The molecule has 0 unspecified atom stereocenters. The number of nitrogens with two attached hydrogens (primary N) is 1. The molecule has 0 spiro atoms. The zero-order valence-electron chi connectivity index (χ0n) is 10.4. The first kappa shape index (κ1) is 14.7. The Hall–Kier alpha value is -1.37. The summed E-state index contributed by atoms with van der Waals surface area (Å²) in [5.74, 6) is 5.47. The Morgan fingerprint density at radius 2 is 2.33 bits per heavy atom. The average molecular weight is 273 g/mol. The second-order valence-electron chi connectivity index (χ2n) is 3.78. The van der Waals surface area contributed by atoms with Gasteiger partial charge in [0.15, 0.2) is 0 Å². The fourth-order valence-corrected chi connectivity index (χ4v) is 1.67. The van der Waals surface area contributed by atoms with Crippen LogP contribution in [0.2, 0.25) is 5.15 Å². The minimum Gasteiger partial charge on any atom is -0.385 e. The highest BCUT2D eigenvalue weighted by Gasteiger charge is 2.13. The van der Waals surface area contributed by atoms with Gasteiger partial charge in [-0.05, 0) is 18.6 Å². The number of hydrazine groups is 1. The Bertz CT molecular complexity index is 414. The number of nitrogen functional groups attached to an aromatic ring is 1. The maximum Gasteiger partial charge on any atom is 0.253 e. The summed E-state index contributed by atoms with van der Waals surface area (Å²) in [6.07, 6.45) is 0.777. The van der Waals surface area contributed by atoms with Crippen LogP contribution < -0.4 is 11.3 Å². The highest BCUT2D eigenvalue weighted by atomic mass is 35.5. The van der Waals surface area contributed by atoms with Crippen molar-refractivity contribution in [1.29, 1.82) is 0 Å². The van der Waals surface area contributed by atoms with Gasteiger partial charge in [-0.1, -0.05) is 11.6 Å². The van der Waals surface area contributed by atoms with Crippen molar-refractivity contribution < 1.29 is 9.53 Å². The van der Waals surface area contributed by atoms with Crippen molar-refractivity contribution in [2.24, 2.45) is 5.84 Å². The highest BCUT2D eigenvalue weighted by molar-refractivity contribution is 6.29. The number of rotatable bonds is 6. The Labute approximate surface area is 111 Å². The van der Waals surface area contributed by atoms with E-state index in [4.69, 9.17) is 22.2 Å². The molecule has 1 rings (SSSR count). The van der Waals surface area contributed by atoms with Crippen LogP contribution in [0, 0.1) is 0 Å². The molecule has 1 amide bonds. The SMILES string of the molecule is COCCCN(C)C(=O)c1cc(Cl)nc(NN)c1. The smallest absolute Gasteiger partial charge is 0.253 e. The van der Waals surface area contributed by atoms with Crippen LogP contribution in [0.4, 0.5) is 5.82 Å². The van der Waals surface area contributed by atoms with E-state index < -0.39 is 0 Å². The molecular weight excluding hydrogens is 256 g/mol. The predicted molar refractivity (Wildman–Crippen MR) is 70.5 cm³/mol. The van der Waals surface area contributed by atoms with Gasteiger partial charge in [0.2, 0.25) is 0 Å². The van der Waals surface area contributed by atoms with Gasteiger partial charge in [0.1, 0.15) is 11.0 Å². The number of ether oxygens (including phenoxy) is 1. The molecule has 7 heteroatoms. The van der Waals surface area contributed by atoms with Gasteiger partial charge in [0.05, 0.1) is 0 Å². The van der Waals surface area contributed by atoms with E-state index in [9.17, 15) is 4.79 Å². The molecule has 6 nitrogen and oxygen atoms in total. The van der Waals surface area contributed by atoms with Gasteiger partial charge in [0.25, 0.3) is 5.91 Å². The van der Waals surface area contributed by atoms with Gasteiger partial charge in [-0.3, -0.25) is 4.79 Å². The van der Waals surface area contributed by atoms with Gasteiger partial charge in [-0.2, -0.15) is 0 Å². The van der Waals surface area contributed by atoms with E-state index >= 15 is 0 Å². The van der Waals surface area contributed by atoms with Crippen molar-refractivity contribution in [2.75, 3.05) is 32.7 Å². The molecule has 3 N–H and O–H groups in total. The van der Waals surface area contributed by atoms with Gasteiger partial charge in [0, 0.05) is 32.9 Å². The lowest BCUT2D eigenvalue weighted by molar-refractivity contribution is 0.0779. The second-order valence-corrected chi connectivity index (χ2v) is 4.17. The number of nitrogens with zero attached hydrogens (tertiary/aromatic N) is 2. The molecule has 18 heavy (non-hydrogen) atoms. The summed E-state index contributed by atoms with van der Waals surface area (Å²) in [5, 5.41) is 0.221. The number of carbonyl (C=O) groups excluding carboxylic acids is 1. The number of methoxy groups -OCH3 is 1. The Morgan fingerprint density at radius 3 is 2.94 bits per heavy atom. The number of anilines is 1. The summed E-state index contributed by atoms with van der Waals surface area (Å²) in [4.78, 5) is 17.6. The third-order valence-electron chi connectivity index (χ3n) is 2.38. The first-order valence-electron chi connectivity index (χ1n) is 5.47. The standard InChI is InChI=1S/C11H17ClN4O2/c1-16(4-3-5-18-2)11(17)8-6-9(12)14-10(7-8)15-13/h6-7H,3-5,13H2,1-2H3,(H,14,15). The second kappa shape index (κ2) is 7.15. The van der Waals surface area contributed by atoms with E-state index in [2.05, 4.69) is 10.4 Å². The molecule has 0 saturated heterocycles. The summed E-state index contributed by atoms with van der Waals surface area (Å²) in [7, 11) is 3.35. The number of hydrogen-bond donors (Lipinski definition) is 2. The predicted octanol–water partition coefficient (Wildman–Crippen LogP) is 1.13. The number of halogens is 1. The van der Waals surface area contributed by atoms with Gasteiger partial charge >= 0.3 is 0 Å². The number of pyridine rings is 1. The molecule has 0 aliphatic heterocycles. The molecular formula is C11H17ClN4O2. The van der Waals surface area contributed by atoms with E-state index in [0.29, 0.717) is 24.5 Å². The largest absolute Gasteiger partial charge is 0.385 e. The molecule has 1 aromatic rings. The van der Waals surface area contributed by atoms with Crippen LogP contribution in [0.5, 0.6) is 0 Å². The fourth-order valence-electron chi connectivity index (χ4n) is 1.46. The fraction of sp³-hybridized carbons (Fsp3) is 0.455. The number of amides is 1. The third-order valence-corrected chi connectivity index (χ3v) is 2.57. The minimum absolute atomic E-state index is 0.132. The molecule has 0 aliphatic rings. The molecule has 0 radical (unpaired) electrons. The molecule has 1 aromatic heterocycles. The van der Waals surface area contributed by atoms with E-state index in [1.807, 2.05) is 0 Å². The summed E-state index contributed by atoms with van der Waals surface area (Å²) >= 11 is 5.81. The summed E-state index contributed by atoms with van der Waals surface area (Å²) in [6, 6.07) is 3.07. The molecule has 0 atom stereocenters. The van der Waals surface area contributed by atoms with Crippen LogP contribution in [0.1, 0.15) is 16.8 Å². The van der Waals surface area contributed by atoms with E-state index in [1.54, 1.807) is 25.1 Å². The normalized spacial score (nSPS) is 10.2. The van der Waals surface area contributed by atoms with Crippen molar-refractivity contribution in [1.82, 2.24) is 9.88 Å². The zero-order chi connectivity index (χ0) is 13.5. The third kappa shape index (κ3) is 4.14. The maximum atomic E-state index is 12.1. The lowest BCUT2D eigenvalue weighted by Crippen LogP contribution is -2.28. The van der Waals surface area contributed by atoms with Crippen LogP contribution in [0.25, 0.3) is 0 Å². The molecule has 100 valence electrons. The Balaban J connectivity index is 2.73.